The maximum atomic E-state index is 5.69. The van der Waals surface area contributed by atoms with Gasteiger partial charge in [-0.3, -0.25) is 4.99 Å². The summed E-state index contributed by atoms with van der Waals surface area (Å²) < 4.78 is 16.4. The van der Waals surface area contributed by atoms with Crippen LogP contribution in [-0.4, -0.2) is 58.6 Å². The average molecular weight is 505 g/mol. The molecule has 0 radical (unpaired) electrons. The van der Waals surface area contributed by atoms with Gasteiger partial charge in [-0.25, -0.2) is 0 Å². The van der Waals surface area contributed by atoms with Crippen molar-refractivity contribution in [1.29, 1.82) is 0 Å². The predicted molar refractivity (Wildman–Crippen MR) is 125 cm³/mol. The minimum absolute atomic E-state index is 0. The molecule has 1 aliphatic rings. The second-order valence-electron chi connectivity index (χ2n) is 6.70. The monoisotopic (exact) mass is 505 g/mol. The van der Waals surface area contributed by atoms with Gasteiger partial charge in [0.1, 0.15) is 5.75 Å². The normalized spacial score (nSPS) is 16.5. The van der Waals surface area contributed by atoms with Crippen molar-refractivity contribution in [1.82, 2.24) is 10.6 Å². The fourth-order valence-corrected chi connectivity index (χ4v) is 2.98. The highest BCUT2D eigenvalue weighted by molar-refractivity contribution is 14.0. The summed E-state index contributed by atoms with van der Waals surface area (Å²) in [5.74, 6) is 1.78. The van der Waals surface area contributed by atoms with Crippen molar-refractivity contribution in [2.45, 2.75) is 45.1 Å². The Morgan fingerprint density at radius 1 is 1.21 bits per heavy atom. The van der Waals surface area contributed by atoms with Gasteiger partial charge in [0.15, 0.2) is 5.96 Å². The summed E-state index contributed by atoms with van der Waals surface area (Å²) in [7, 11) is 1.69. The third kappa shape index (κ3) is 10.5. The molecule has 0 saturated carbocycles. The average Bonchev–Trinajstić information content (AvgIpc) is 3.21. The largest absolute Gasteiger partial charge is 0.497 e. The molecule has 7 heteroatoms. The maximum absolute atomic E-state index is 5.69. The first-order valence-corrected chi connectivity index (χ1v) is 10.2. The highest BCUT2D eigenvalue weighted by Crippen LogP contribution is 2.13. The Hall–Kier alpha value is -1.06. The quantitative estimate of drug-likeness (QED) is 0.197. The number of aliphatic imine (C=N–C) groups is 1. The minimum atomic E-state index is 0. The van der Waals surface area contributed by atoms with E-state index in [1.54, 1.807) is 7.11 Å². The van der Waals surface area contributed by atoms with E-state index in [4.69, 9.17) is 14.2 Å². The van der Waals surface area contributed by atoms with Gasteiger partial charge in [0.05, 0.1) is 19.8 Å². The Morgan fingerprint density at radius 3 is 2.71 bits per heavy atom. The summed E-state index contributed by atoms with van der Waals surface area (Å²) in [6, 6.07) is 8.24. The molecule has 28 heavy (non-hydrogen) atoms. The Kier molecular flexibility index (Phi) is 14.1. The van der Waals surface area contributed by atoms with Crippen molar-refractivity contribution in [2.24, 2.45) is 4.99 Å². The van der Waals surface area contributed by atoms with Crippen molar-refractivity contribution in [2.75, 3.05) is 46.6 Å². The van der Waals surface area contributed by atoms with Gasteiger partial charge in [0, 0.05) is 32.8 Å². The number of hydrogen-bond acceptors (Lipinski definition) is 4. The van der Waals surface area contributed by atoms with Crippen molar-refractivity contribution in [3.8, 4) is 5.75 Å². The van der Waals surface area contributed by atoms with E-state index in [1.807, 2.05) is 12.1 Å². The molecule has 1 aromatic rings. The van der Waals surface area contributed by atoms with Gasteiger partial charge in [0.25, 0.3) is 0 Å². The van der Waals surface area contributed by atoms with Gasteiger partial charge in [0.2, 0.25) is 0 Å². The van der Waals surface area contributed by atoms with Crippen LogP contribution in [0.1, 0.15) is 38.2 Å². The molecule has 2 rings (SSSR count). The third-order valence-corrected chi connectivity index (χ3v) is 4.48. The van der Waals surface area contributed by atoms with Crippen LogP contribution in [0.15, 0.2) is 29.3 Å². The number of ether oxygens (including phenoxy) is 3. The first-order chi connectivity index (χ1) is 13.3. The molecule has 1 unspecified atom stereocenters. The van der Waals surface area contributed by atoms with Crippen LogP contribution in [0.5, 0.6) is 5.75 Å². The van der Waals surface area contributed by atoms with Crippen LogP contribution < -0.4 is 15.4 Å². The lowest BCUT2D eigenvalue weighted by atomic mass is 10.1. The number of rotatable bonds is 12. The number of nitrogens with zero attached hydrogens (tertiary/aromatic N) is 1. The molecule has 2 N–H and O–H groups in total. The summed E-state index contributed by atoms with van der Waals surface area (Å²) in [4.78, 5) is 4.65. The van der Waals surface area contributed by atoms with E-state index in [9.17, 15) is 0 Å². The number of benzene rings is 1. The lowest BCUT2D eigenvalue weighted by Gasteiger charge is -2.12. The number of nitrogens with one attached hydrogen (secondary N) is 2. The molecule has 1 atom stereocenters. The van der Waals surface area contributed by atoms with E-state index in [1.165, 1.54) is 5.56 Å². The van der Waals surface area contributed by atoms with Crippen molar-refractivity contribution < 1.29 is 14.2 Å². The summed E-state index contributed by atoms with van der Waals surface area (Å²) in [5.41, 5.74) is 1.31. The Morgan fingerprint density at radius 2 is 2.04 bits per heavy atom. The Balaban J connectivity index is 0.00000392. The van der Waals surface area contributed by atoms with Crippen LogP contribution >= 0.6 is 24.0 Å². The van der Waals surface area contributed by atoms with Crippen LogP contribution in [0.2, 0.25) is 0 Å². The molecule has 1 aliphatic heterocycles. The van der Waals surface area contributed by atoms with Gasteiger partial charge in [-0.1, -0.05) is 12.1 Å². The van der Waals surface area contributed by atoms with E-state index in [2.05, 4.69) is 34.7 Å². The van der Waals surface area contributed by atoms with E-state index >= 15 is 0 Å². The van der Waals surface area contributed by atoms with Crippen molar-refractivity contribution in [3.05, 3.63) is 29.8 Å². The fraction of sp³-hybridized carbons (Fsp3) is 0.667. The molecule has 1 aromatic carbocycles. The SMILES string of the molecule is CCNC(=NCCCc1ccc(OC)cc1)NCCCOCC1CCCO1.I. The summed E-state index contributed by atoms with van der Waals surface area (Å²) in [6.45, 7) is 6.96. The van der Waals surface area contributed by atoms with Gasteiger partial charge >= 0.3 is 0 Å². The van der Waals surface area contributed by atoms with Crippen LogP contribution in [0.3, 0.4) is 0 Å². The minimum Gasteiger partial charge on any atom is -0.497 e. The molecule has 1 saturated heterocycles. The topological polar surface area (TPSA) is 64.1 Å². The van der Waals surface area contributed by atoms with Crippen LogP contribution in [0.4, 0.5) is 0 Å². The van der Waals surface area contributed by atoms with E-state index in [0.717, 1.165) is 83.3 Å². The van der Waals surface area contributed by atoms with Crippen molar-refractivity contribution in [3.63, 3.8) is 0 Å². The lowest BCUT2D eigenvalue weighted by Crippen LogP contribution is -2.38. The first kappa shape index (κ1) is 25.0. The second kappa shape index (κ2) is 15.8. The first-order valence-electron chi connectivity index (χ1n) is 10.2. The van der Waals surface area contributed by atoms with Gasteiger partial charge in [-0.2, -0.15) is 0 Å². The van der Waals surface area contributed by atoms with Crippen LogP contribution in [0, 0.1) is 0 Å². The molecule has 6 nitrogen and oxygen atoms in total. The van der Waals surface area contributed by atoms with E-state index in [0.29, 0.717) is 6.10 Å². The van der Waals surface area contributed by atoms with Gasteiger partial charge in [-0.05, 0) is 56.7 Å². The molecule has 0 spiro atoms. The Labute approximate surface area is 186 Å². The fourth-order valence-electron chi connectivity index (χ4n) is 2.98. The molecule has 0 amide bonds. The van der Waals surface area contributed by atoms with Gasteiger partial charge in [-0.15, -0.1) is 24.0 Å². The molecule has 1 heterocycles. The molecule has 160 valence electrons. The maximum Gasteiger partial charge on any atom is 0.191 e. The molecular weight excluding hydrogens is 469 g/mol. The molecule has 1 fully saturated rings. The van der Waals surface area contributed by atoms with Crippen LogP contribution in [0.25, 0.3) is 0 Å². The second-order valence-corrected chi connectivity index (χ2v) is 6.70. The summed E-state index contributed by atoms with van der Waals surface area (Å²) in [5, 5.41) is 6.67. The van der Waals surface area contributed by atoms with E-state index in [-0.39, 0.29) is 24.0 Å². The zero-order valence-corrected chi connectivity index (χ0v) is 19.6. The highest BCUT2D eigenvalue weighted by Gasteiger charge is 2.14. The third-order valence-electron chi connectivity index (χ3n) is 4.48. The number of hydrogen-bond donors (Lipinski definition) is 2. The number of methoxy groups -OCH3 is 1. The lowest BCUT2D eigenvalue weighted by molar-refractivity contribution is 0.0168. The standard InChI is InChI=1S/C21H35N3O3.HI/c1-3-22-21(24-14-6-15-26-17-20-8-5-16-27-20)23-13-4-7-18-9-11-19(25-2)12-10-18;/h9-12,20H,3-8,13-17H2,1-2H3,(H2,22,23,24);1H. The number of aryl methyl sites for hydroxylation is 1. The smallest absolute Gasteiger partial charge is 0.191 e. The molecule has 0 aromatic heterocycles. The van der Waals surface area contributed by atoms with Crippen molar-refractivity contribution >= 4 is 29.9 Å². The summed E-state index contributed by atoms with van der Waals surface area (Å²) >= 11 is 0. The predicted octanol–water partition coefficient (Wildman–Crippen LogP) is 3.39. The summed E-state index contributed by atoms with van der Waals surface area (Å²) in [6.07, 6.45) is 5.60. The molecular formula is C21H36IN3O3. The Bertz CT molecular complexity index is 534. The zero-order chi connectivity index (χ0) is 19.2. The van der Waals surface area contributed by atoms with Gasteiger partial charge < -0.3 is 24.8 Å². The zero-order valence-electron chi connectivity index (χ0n) is 17.2. The highest BCUT2D eigenvalue weighted by atomic mass is 127. The number of guanidine groups is 1. The molecule has 0 aliphatic carbocycles. The van der Waals surface area contributed by atoms with Crippen LogP contribution in [-0.2, 0) is 15.9 Å². The van der Waals surface area contributed by atoms with E-state index < -0.39 is 0 Å². The molecule has 0 bridgehead atoms. The number of halogens is 1.